The summed E-state index contributed by atoms with van der Waals surface area (Å²) in [6, 6.07) is 0. The van der Waals surface area contributed by atoms with Crippen LogP contribution in [0.3, 0.4) is 0 Å². The lowest BCUT2D eigenvalue weighted by Gasteiger charge is -2.22. The Kier molecular flexibility index (Phi) is 3.51. The summed E-state index contributed by atoms with van der Waals surface area (Å²) in [5.74, 6) is 0.542. The van der Waals surface area contributed by atoms with E-state index in [4.69, 9.17) is 0 Å². The van der Waals surface area contributed by atoms with Gasteiger partial charge in [0.2, 0.25) is 0 Å². The molecule has 12 heavy (non-hydrogen) atoms. The van der Waals surface area contributed by atoms with E-state index in [2.05, 4.69) is 19.2 Å². The second-order valence-electron chi connectivity index (χ2n) is 4.18. The first kappa shape index (κ1) is 9.97. The van der Waals surface area contributed by atoms with Gasteiger partial charge in [-0.3, -0.25) is 0 Å². The van der Waals surface area contributed by atoms with E-state index < -0.39 is 5.67 Å². The van der Waals surface area contributed by atoms with Crippen LogP contribution in [0.15, 0.2) is 0 Å². The highest BCUT2D eigenvalue weighted by Crippen LogP contribution is 2.29. The fraction of sp³-hybridized carbons (Fsp3) is 1.00. The van der Waals surface area contributed by atoms with E-state index in [0.29, 0.717) is 18.9 Å². The molecule has 2 atom stereocenters. The molecule has 0 spiro atoms. The molecule has 1 N–H and O–H groups in total. The van der Waals surface area contributed by atoms with Gasteiger partial charge in [0.25, 0.3) is 0 Å². The molecule has 1 aliphatic heterocycles. The molecule has 1 fully saturated rings. The second kappa shape index (κ2) is 4.22. The third kappa shape index (κ3) is 2.74. The summed E-state index contributed by atoms with van der Waals surface area (Å²) in [6.07, 6.45) is 3.78. The number of rotatable bonds is 4. The minimum Gasteiger partial charge on any atom is -0.313 e. The summed E-state index contributed by atoms with van der Waals surface area (Å²) >= 11 is 0. The average molecular weight is 173 g/mol. The average Bonchev–Trinajstić information content (AvgIpc) is 2.36. The summed E-state index contributed by atoms with van der Waals surface area (Å²) in [5.41, 5.74) is -0.894. The van der Waals surface area contributed by atoms with Gasteiger partial charge >= 0.3 is 0 Å². The van der Waals surface area contributed by atoms with Crippen molar-refractivity contribution < 1.29 is 4.39 Å². The standard InChI is InChI=1S/C10H20FN/c1-3-4-9(2)7-10(11)5-6-12-8-10/h9,12H,3-8H2,1-2H3. The van der Waals surface area contributed by atoms with Crippen LogP contribution in [0, 0.1) is 5.92 Å². The van der Waals surface area contributed by atoms with Gasteiger partial charge in [-0.15, -0.1) is 0 Å². The van der Waals surface area contributed by atoms with Crippen molar-refractivity contribution in [3.8, 4) is 0 Å². The van der Waals surface area contributed by atoms with Crippen molar-refractivity contribution in [1.82, 2.24) is 5.32 Å². The van der Waals surface area contributed by atoms with Gasteiger partial charge in [-0.05, 0) is 25.3 Å². The van der Waals surface area contributed by atoms with Crippen LogP contribution in [-0.2, 0) is 0 Å². The molecule has 0 saturated carbocycles. The zero-order chi connectivity index (χ0) is 9.03. The van der Waals surface area contributed by atoms with E-state index in [1.165, 1.54) is 6.42 Å². The minimum atomic E-state index is -0.894. The lowest BCUT2D eigenvalue weighted by atomic mass is 9.90. The Morgan fingerprint density at radius 1 is 1.58 bits per heavy atom. The van der Waals surface area contributed by atoms with E-state index >= 15 is 0 Å². The van der Waals surface area contributed by atoms with Crippen molar-refractivity contribution in [3.63, 3.8) is 0 Å². The zero-order valence-corrected chi connectivity index (χ0v) is 8.20. The van der Waals surface area contributed by atoms with Crippen molar-refractivity contribution in [1.29, 1.82) is 0 Å². The molecule has 0 aromatic carbocycles. The Balaban J connectivity index is 2.28. The van der Waals surface area contributed by atoms with Crippen LogP contribution in [0.2, 0.25) is 0 Å². The minimum absolute atomic E-state index is 0.542. The van der Waals surface area contributed by atoms with Crippen molar-refractivity contribution in [2.24, 2.45) is 5.92 Å². The van der Waals surface area contributed by atoms with E-state index in [1.54, 1.807) is 0 Å². The van der Waals surface area contributed by atoms with Gasteiger partial charge in [-0.25, -0.2) is 4.39 Å². The topological polar surface area (TPSA) is 12.0 Å². The van der Waals surface area contributed by atoms with Crippen molar-refractivity contribution >= 4 is 0 Å². The van der Waals surface area contributed by atoms with Gasteiger partial charge in [-0.1, -0.05) is 26.7 Å². The monoisotopic (exact) mass is 173 g/mol. The SMILES string of the molecule is CCCC(C)CC1(F)CCNC1. The fourth-order valence-electron chi connectivity index (χ4n) is 2.11. The van der Waals surface area contributed by atoms with Gasteiger partial charge in [0.15, 0.2) is 0 Å². The molecule has 1 nitrogen and oxygen atoms in total. The van der Waals surface area contributed by atoms with Crippen LogP contribution in [0.4, 0.5) is 4.39 Å². The highest BCUT2D eigenvalue weighted by Gasteiger charge is 2.34. The molecular weight excluding hydrogens is 153 g/mol. The molecule has 0 amide bonds. The number of alkyl halides is 1. The van der Waals surface area contributed by atoms with Crippen molar-refractivity contribution in [2.45, 2.75) is 45.2 Å². The fourth-order valence-corrected chi connectivity index (χ4v) is 2.11. The highest BCUT2D eigenvalue weighted by molar-refractivity contribution is 4.89. The number of hydrogen-bond acceptors (Lipinski definition) is 1. The van der Waals surface area contributed by atoms with Gasteiger partial charge in [0, 0.05) is 6.54 Å². The van der Waals surface area contributed by atoms with Crippen LogP contribution in [0.5, 0.6) is 0 Å². The Morgan fingerprint density at radius 3 is 2.83 bits per heavy atom. The van der Waals surface area contributed by atoms with Gasteiger partial charge < -0.3 is 5.32 Å². The van der Waals surface area contributed by atoms with Crippen LogP contribution in [0.25, 0.3) is 0 Å². The molecular formula is C10H20FN. The van der Waals surface area contributed by atoms with E-state index in [0.717, 1.165) is 19.4 Å². The van der Waals surface area contributed by atoms with E-state index in [9.17, 15) is 4.39 Å². The molecule has 2 unspecified atom stereocenters. The molecule has 1 heterocycles. The van der Waals surface area contributed by atoms with Gasteiger partial charge in [0.05, 0.1) is 0 Å². The molecule has 0 radical (unpaired) electrons. The third-order valence-electron chi connectivity index (χ3n) is 2.69. The molecule has 0 aromatic heterocycles. The summed E-state index contributed by atoms with van der Waals surface area (Å²) in [7, 11) is 0. The summed E-state index contributed by atoms with van der Waals surface area (Å²) in [6.45, 7) is 5.74. The lowest BCUT2D eigenvalue weighted by molar-refractivity contribution is 0.147. The maximum atomic E-state index is 13.8. The smallest absolute Gasteiger partial charge is 0.124 e. The Bertz CT molecular complexity index is 130. The highest BCUT2D eigenvalue weighted by atomic mass is 19.1. The molecule has 2 heteroatoms. The first-order chi connectivity index (χ1) is 5.66. The third-order valence-corrected chi connectivity index (χ3v) is 2.69. The van der Waals surface area contributed by atoms with Gasteiger partial charge in [0.1, 0.15) is 5.67 Å². The second-order valence-corrected chi connectivity index (χ2v) is 4.18. The van der Waals surface area contributed by atoms with Crippen molar-refractivity contribution in [3.05, 3.63) is 0 Å². The molecule has 0 aliphatic carbocycles. The van der Waals surface area contributed by atoms with Crippen LogP contribution >= 0.6 is 0 Å². The maximum Gasteiger partial charge on any atom is 0.124 e. The predicted molar refractivity (Wildman–Crippen MR) is 50.0 cm³/mol. The van der Waals surface area contributed by atoms with Crippen molar-refractivity contribution in [2.75, 3.05) is 13.1 Å². The van der Waals surface area contributed by atoms with E-state index in [1.807, 2.05) is 0 Å². The molecule has 1 rings (SSSR count). The summed E-state index contributed by atoms with van der Waals surface area (Å²) < 4.78 is 13.8. The first-order valence-corrected chi connectivity index (χ1v) is 5.06. The van der Waals surface area contributed by atoms with Crippen LogP contribution in [-0.4, -0.2) is 18.8 Å². The largest absolute Gasteiger partial charge is 0.313 e. The molecule has 0 bridgehead atoms. The summed E-state index contributed by atoms with van der Waals surface area (Å²) in [5, 5.41) is 3.09. The number of nitrogens with one attached hydrogen (secondary N) is 1. The first-order valence-electron chi connectivity index (χ1n) is 5.06. The molecule has 1 saturated heterocycles. The van der Waals surface area contributed by atoms with E-state index in [-0.39, 0.29) is 0 Å². The molecule has 1 aliphatic rings. The molecule has 72 valence electrons. The number of halogens is 1. The zero-order valence-electron chi connectivity index (χ0n) is 8.20. The number of hydrogen-bond donors (Lipinski definition) is 1. The normalized spacial score (nSPS) is 32.2. The summed E-state index contributed by atoms with van der Waals surface area (Å²) in [4.78, 5) is 0. The predicted octanol–water partition coefficient (Wildman–Crippen LogP) is 2.51. The lowest BCUT2D eigenvalue weighted by Crippen LogP contribution is -2.28. The maximum absolute atomic E-state index is 13.8. The van der Waals surface area contributed by atoms with Gasteiger partial charge in [-0.2, -0.15) is 0 Å². The van der Waals surface area contributed by atoms with Crippen LogP contribution in [0.1, 0.15) is 39.5 Å². The quantitative estimate of drug-likeness (QED) is 0.688. The van der Waals surface area contributed by atoms with Crippen LogP contribution < -0.4 is 5.32 Å². The Hall–Kier alpha value is -0.110. The molecule has 0 aromatic rings. The Morgan fingerprint density at radius 2 is 2.33 bits per heavy atom. The Labute approximate surface area is 74.7 Å².